The summed E-state index contributed by atoms with van der Waals surface area (Å²) in [6.45, 7) is 0. The molecule has 2 aromatic rings. The zero-order valence-electron chi connectivity index (χ0n) is 9.88. The third kappa shape index (κ3) is 3.04. The molecule has 98 valence electrons. The Balaban J connectivity index is 2.28. The number of rotatable bonds is 5. The molecule has 0 saturated carbocycles. The van der Waals surface area contributed by atoms with Crippen LogP contribution in [-0.2, 0) is 16.5 Å². The molecule has 2 N–H and O–H groups in total. The van der Waals surface area contributed by atoms with Gasteiger partial charge in [-0.15, -0.1) is 0 Å². The second-order valence-electron chi connectivity index (χ2n) is 3.93. The van der Waals surface area contributed by atoms with E-state index in [0.717, 1.165) is 24.4 Å². The molecule has 0 aliphatic rings. The van der Waals surface area contributed by atoms with Crippen molar-refractivity contribution in [3.05, 3.63) is 24.0 Å². The third-order valence-electron chi connectivity index (χ3n) is 2.56. The van der Waals surface area contributed by atoms with Gasteiger partial charge in [0.1, 0.15) is 5.82 Å². The molecule has 0 atom stereocenters. The van der Waals surface area contributed by atoms with Crippen LogP contribution in [0.4, 0.5) is 0 Å². The van der Waals surface area contributed by atoms with Crippen molar-refractivity contribution >= 4 is 32.9 Å². The first-order valence-electron chi connectivity index (χ1n) is 5.46. The predicted octanol–water partition coefficient (Wildman–Crippen LogP) is 2.11. The minimum atomic E-state index is -4.16. The van der Waals surface area contributed by atoms with Gasteiger partial charge >= 0.3 is 0 Å². The van der Waals surface area contributed by atoms with E-state index in [1.807, 2.05) is 0 Å². The van der Waals surface area contributed by atoms with E-state index in [4.69, 9.17) is 4.55 Å². The van der Waals surface area contributed by atoms with Crippen LogP contribution in [0.25, 0.3) is 11.0 Å². The quantitative estimate of drug-likeness (QED) is 0.649. The Morgan fingerprint density at radius 1 is 1.44 bits per heavy atom. The number of aryl methyl sites for hydroxylation is 1. The van der Waals surface area contributed by atoms with Crippen molar-refractivity contribution in [3.63, 3.8) is 0 Å². The standard InChI is InChI=1S/C11H14N2O3S2/c1-17-6-2-3-11-12-9-5-4-8(18(14,15)16)7-10(9)13-11/h4-5,7H,2-3,6H2,1H3,(H,12,13)(H,14,15,16). The lowest BCUT2D eigenvalue weighted by Crippen LogP contribution is -1.97. The third-order valence-corrected chi connectivity index (χ3v) is 4.11. The second kappa shape index (κ2) is 5.29. The summed E-state index contributed by atoms with van der Waals surface area (Å²) < 4.78 is 31.0. The molecular formula is C11H14N2O3S2. The van der Waals surface area contributed by atoms with Crippen LogP contribution in [0.3, 0.4) is 0 Å². The van der Waals surface area contributed by atoms with Crippen LogP contribution in [0.5, 0.6) is 0 Å². The van der Waals surface area contributed by atoms with E-state index in [0.29, 0.717) is 11.0 Å². The summed E-state index contributed by atoms with van der Waals surface area (Å²) in [7, 11) is -4.16. The van der Waals surface area contributed by atoms with Crippen molar-refractivity contribution in [2.45, 2.75) is 17.7 Å². The highest BCUT2D eigenvalue weighted by molar-refractivity contribution is 7.98. The SMILES string of the molecule is CSCCCc1nc2ccc(S(=O)(=O)O)cc2[nH]1. The van der Waals surface area contributed by atoms with Gasteiger partial charge in [-0.1, -0.05) is 0 Å². The Labute approximate surface area is 110 Å². The molecule has 0 saturated heterocycles. The van der Waals surface area contributed by atoms with Crippen LogP contribution in [0.2, 0.25) is 0 Å². The number of nitrogens with zero attached hydrogens (tertiary/aromatic N) is 1. The Bertz CT molecular complexity index is 649. The zero-order valence-corrected chi connectivity index (χ0v) is 11.5. The molecule has 0 radical (unpaired) electrons. The summed E-state index contributed by atoms with van der Waals surface area (Å²) in [6, 6.07) is 4.34. The number of nitrogens with one attached hydrogen (secondary N) is 1. The van der Waals surface area contributed by atoms with Crippen molar-refractivity contribution in [3.8, 4) is 0 Å². The van der Waals surface area contributed by atoms with Gasteiger partial charge in [-0.2, -0.15) is 20.2 Å². The van der Waals surface area contributed by atoms with E-state index in [9.17, 15) is 8.42 Å². The largest absolute Gasteiger partial charge is 0.342 e. The van der Waals surface area contributed by atoms with Gasteiger partial charge in [-0.05, 0) is 36.6 Å². The molecule has 0 aliphatic heterocycles. The summed E-state index contributed by atoms with van der Waals surface area (Å²) in [4.78, 5) is 7.32. The van der Waals surface area contributed by atoms with Crippen molar-refractivity contribution in [1.29, 1.82) is 0 Å². The lowest BCUT2D eigenvalue weighted by Gasteiger charge is -1.95. The summed E-state index contributed by atoms with van der Waals surface area (Å²) in [6.07, 6.45) is 3.90. The smallest absolute Gasteiger partial charge is 0.294 e. The van der Waals surface area contributed by atoms with Crippen LogP contribution in [0.1, 0.15) is 12.2 Å². The van der Waals surface area contributed by atoms with Crippen molar-refractivity contribution in [1.82, 2.24) is 9.97 Å². The van der Waals surface area contributed by atoms with Crippen LogP contribution >= 0.6 is 11.8 Å². The first kappa shape index (κ1) is 13.4. The van der Waals surface area contributed by atoms with E-state index in [1.165, 1.54) is 12.1 Å². The fraction of sp³-hybridized carbons (Fsp3) is 0.364. The molecule has 2 rings (SSSR count). The molecule has 1 aromatic carbocycles. The summed E-state index contributed by atoms with van der Waals surface area (Å²) >= 11 is 1.78. The Kier molecular flexibility index (Phi) is 3.94. The molecule has 5 nitrogen and oxygen atoms in total. The predicted molar refractivity (Wildman–Crippen MR) is 72.6 cm³/mol. The number of aromatic nitrogens is 2. The molecule has 1 aromatic heterocycles. The molecule has 18 heavy (non-hydrogen) atoms. The maximum absolute atomic E-state index is 11.0. The number of hydrogen-bond acceptors (Lipinski definition) is 4. The van der Waals surface area contributed by atoms with E-state index in [2.05, 4.69) is 16.2 Å². The monoisotopic (exact) mass is 286 g/mol. The van der Waals surface area contributed by atoms with Crippen molar-refractivity contribution < 1.29 is 13.0 Å². The highest BCUT2D eigenvalue weighted by Crippen LogP contribution is 2.17. The fourth-order valence-corrected chi connectivity index (χ4v) is 2.64. The van der Waals surface area contributed by atoms with Crippen LogP contribution in [-0.4, -0.2) is 34.9 Å². The van der Waals surface area contributed by atoms with Crippen LogP contribution < -0.4 is 0 Å². The average molecular weight is 286 g/mol. The van der Waals surface area contributed by atoms with Gasteiger partial charge in [0.2, 0.25) is 0 Å². The molecule has 7 heteroatoms. The summed E-state index contributed by atoms with van der Waals surface area (Å²) in [5, 5.41) is 0. The molecule has 0 fully saturated rings. The highest BCUT2D eigenvalue weighted by Gasteiger charge is 2.11. The summed E-state index contributed by atoms with van der Waals surface area (Å²) in [5.74, 6) is 1.90. The van der Waals surface area contributed by atoms with Gasteiger partial charge in [0, 0.05) is 6.42 Å². The topological polar surface area (TPSA) is 83.1 Å². The van der Waals surface area contributed by atoms with Gasteiger partial charge in [0.15, 0.2) is 0 Å². The first-order valence-corrected chi connectivity index (χ1v) is 8.29. The number of thioether (sulfide) groups is 1. The lowest BCUT2D eigenvalue weighted by molar-refractivity contribution is 0.483. The maximum atomic E-state index is 11.0. The van der Waals surface area contributed by atoms with Gasteiger partial charge in [-0.25, -0.2) is 4.98 Å². The number of fused-ring (bicyclic) bond motifs is 1. The van der Waals surface area contributed by atoms with Crippen LogP contribution in [0.15, 0.2) is 23.1 Å². The number of benzene rings is 1. The number of aromatic amines is 1. The van der Waals surface area contributed by atoms with Gasteiger partial charge in [0.05, 0.1) is 15.9 Å². The number of hydrogen-bond donors (Lipinski definition) is 2. The lowest BCUT2D eigenvalue weighted by atomic mass is 10.3. The molecule has 0 bridgehead atoms. The second-order valence-corrected chi connectivity index (χ2v) is 6.34. The summed E-state index contributed by atoms with van der Waals surface area (Å²) in [5.41, 5.74) is 1.34. The Morgan fingerprint density at radius 3 is 2.89 bits per heavy atom. The van der Waals surface area contributed by atoms with Crippen molar-refractivity contribution in [2.75, 3.05) is 12.0 Å². The normalized spacial score (nSPS) is 12.1. The Hall–Kier alpha value is -1.05. The number of imidazole rings is 1. The van der Waals surface area contributed by atoms with E-state index in [-0.39, 0.29) is 4.90 Å². The van der Waals surface area contributed by atoms with Gasteiger partial charge < -0.3 is 4.98 Å². The zero-order chi connectivity index (χ0) is 13.2. The molecule has 0 unspecified atom stereocenters. The minimum absolute atomic E-state index is 0.116. The van der Waals surface area contributed by atoms with Gasteiger partial charge in [-0.3, -0.25) is 4.55 Å². The molecule has 0 aliphatic carbocycles. The molecule has 0 amide bonds. The molecule has 0 spiro atoms. The van der Waals surface area contributed by atoms with Crippen LogP contribution in [0, 0.1) is 0 Å². The van der Waals surface area contributed by atoms with Gasteiger partial charge in [0.25, 0.3) is 10.1 Å². The Morgan fingerprint density at radius 2 is 2.22 bits per heavy atom. The molecule has 1 heterocycles. The van der Waals surface area contributed by atoms with E-state index >= 15 is 0 Å². The minimum Gasteiger partial charge on any atom is -0.342 e. The average Bonchev–Trinajstić information content (AvgIpc) is 2.69. The fourth-order valence-electron chi connectivity index (χ4n) is 1.70. The first-order chi connectivity index (χ1) is 8.50. The highest BCUT2D eigenvalue weighted by atomic mass is 32.2. The van der Waals surface area contributed by atoms with E-state index < -0.39 is 10.1 Å². The number of H-pyrrole nitrogens is 1. The van der Waals surface area contributed by atoms with E-state index in [1.54, 1.807) is 17.8 Å². The van der Waals surface area contributed by atoms with Crippen molar-refractivity contribution in [2.24, 2.45) is 0 Å². The maximum Gasteiger partial charge on any atom is 0.294 e. The molecular weight excluding hydrogens is 272 g/mol.